The summed E-state index contributed by atoms with van der Waals surface area (Å²) in [7, 11) is 3.18. The van der Waals surface area contributed by atoms with Gasteiger partial charge in [0.05, 0.1) is 30.8 Å². The minimum absolute atomic E-state index is 0.0166. The van der Waals surface area contributed by atoms with Crippen molar-refractivity contribution in [3.8, 4) is 23.0 Å². The molecule has 1 fully saturated rings. The van der Waals surface area contributed by atoms with Gasteiger partial charge in [-0.25, -0.2) is 0 Å². The van der Waals surface area contributed by atoms with Crippen LogP contribution in [0, 0.1) is 21.4 Å². The monoisotopic (exact) mass is 571 g/mol. The Labute approximate surface area is 246 Å². The van der Waals surface area contributed by atoms with Gasteiger partial charge in [0.1, 0.15) is 17.1 Å². The number of fused-ring (bicyclic) bond motifs is 2. The Kier molecular flexibility index (Phi) is 7.77. The predicted molar refractivity (Wildman–Crippen MR) is 164 cm³/mol. The van der Waals surface area contributed by atoms with Crippen LogP contribution in [0.2, 0.25) is 0 Å². The highest BCUT2D eigenvalue weighted by Gasteiger charge is 2.54. The molecule has 0 bridgehead atoms. The lowest BCUT2D eigenvalue weighted by Crippen LogP contribution is -2.58. The smallest absolute Gasteiger partial charge is 0.269 e. The Bertz CT molecular complexity index is 1560. The van der Waals surface area contributed by atoms with Crippen LogP contribution in [0.4, 0.5) is 5.69 Å². The predicted octanol–water partition coefficient (Wildman–Crippen LogP) is 7.15. The first-order valence-electron chi connectivity index (χ1n) is 14.0. The molecular weight excluding hydrogens is 534 g/mol. The van der Waals surface area contributed by atoms with Crippen molar-refractivity contribution in [3.63, 3.8) is 0 Å². The van der Waals surface area contributed by atoms with Crippen molar-refractivity contribution in [3.05, 3.63) is 86.5 Å². The maximum absolute atomic E-state index is 10.9. The molecule has 1 aliphatic heterocycles. The van der Waals surface area contributed by atoms with Crippen LogP contribution < -0.4 is 14.2 Å². The Hall–Kier alpha value is -4.30. The van der Waals surface area contributed by atoms with E-state index in [1.807, 2.05) is 24.3 Å². The van der Waals surface area contributed by atoms with E-state index in [1.54, 1.807) is 37.5 Å². The van der Waals surface area contributed by atoms with Gasteiger partial charge in [0.2, 0.25) is 0 Å². The van der Waals surface area contributed by atoms with Crippen molar-refractivity contribution >= 4 is 30.0 Å². The van der Waals surface area contributed by atoms with Crippen molar-refractivity contribution in [1.82, 2.24) is 0 Å². The molecule has 3 atom stereocenters. The number of nitro benzene ring substituents is 1. The molecule has 0 saturated heterocycles. The lowest BCUT2D eigenvalue weighted by atomic mass is 9.57. The number of benzene rings is 3. The Balaban J connectivity index is 1.41. The van der Waals surface area contributed by atoms with Gasteiger partial charge in [-0.2, -0.15) is 0 Å². The van der Waals surface area contributed by atoms with E-state index in [0.717, 1.165) is 40.8 Å². The van der Waals surface area contributed by atoms with Crippen molar-refractivity contribution in [2.45, 2.75) is 51.7 Å². The summed E-state index contributed by atoms with van der Waals surface area (Å²) >= 11 is 0. The molecule has 0 aromatic heterocycles. The molecule has 3 aromatic rings. The topological polar surface area (TPSA) is 111 Å². The van der Waals surface area contributed by atoms with Crippen LogP contribution in [-0.4, -0.2) is 41.1 Å². The van der Waals surface area contributed by atoms with Crippen molar-refractivity contribution < 1.29 is 29.3 Å². The molecule has 8 heteroatoms. The number of nitrogens with zero attached hydrogens (tertiary/aromatic N) is 1. The van der Waals surface area contributed by atoms with Gasteiger partial charge in [-0.1, -0.05) is 32.1 Å². The van der Waals surface area contributed by atoms with Gasteiger partial charge in [0.15, 0.2) is 11.5 Å². The van der Waals surface area contributed by atoms with E-state index in [2.05, 4.69) is 26.8 Å². The highest BCUT2D eigenvalue weighted by molar-refractivity contribution is 5.79. The maximum atomic E-state index is 10.9. The standard InChI is InChI=1S/C34H37NO7/c1-33(2)30-20-24-16-22(19-29(41-5)32(24)42-34(30,3)15-14-31(33)37)6-7-23-17-27(36)26(28(18-23)40-4)13-10-21-8-11-25(12-9-21)35(38)39/h6-13,16-19,30-31,36-37H,14-15,20H2,1-5H3/t30-,31-,34-/m1/s1. The third-order valence-corrected chi connectivity index (χ3v) is 8.92. The summed E-state index contributed by atoms with van der Waals surface area (Å²) in [6, 6.07) is 13.7. The minimum atomic E-state index is -0.444. The summed E-state index contributed by atoms with van der Waals surface area (Å²) in [5, 5.41) is 32.5. The molecule has 0 radical (unpaired) electrons. The van der Waals surface area contributed by atoms with Gasteiger partial charge in [-0.05, 0) is 96.3 Å². The quantitative estimate of drug-likeness (QED) is 0.176. The highest BCUT2D eigenvalue weighted by Crippen LogP contribution is 2.55. The number of rotatable bonds is 7. The second-order valence-corrected chi connectivity index (χ2v) is 11.9. The molecule has 5 rings (SSSR count). The molecule has 8 nitrogen and oxygen atoms in total. The second kappa shape index (κ2) is 11.2. The van der Waals surface area contributed by atoms with E-state index >= 15 is 0 Å². The van der Waals surface area contributed by atoms with Gasteiger partial charge >= 0.3 is 0 Å². The molecular formula is C34H37NO7. The number of hydrogen-bond acceptors (Lipinski definition) is 7. The van der Waals surface area contributed by atoms with Crippen molar-refractivity contribution in [2.75, 3.05) is 14.2 Å². The third-order valence-electron chi connectivity index (χ3n) is 8.92. The summed E-state index contributed by atoms with van der Waals surface area (Å²) in [6.07, 6.45) is 9.23. The van der Waals surface area contributed by atoms with Crippen LogP contribution in [0.5, 0.6) is 23.0 Å². The van der Waals surface area contributed by atoms with Gasteiger partial charge in [-0.3, -0.25) is 10.1 Å². The summed E-state index contributed by atoms with van der Waals surface area (Å²) in [6.45, 7) is 6.39. The number of ether oxygens (including phenoxy) is 3. The number of aliphatic hydroxyl groups is 1. The van der Waals surface area contributed by atoms with Crippen molar-refractivity contribution in [1.29, 1.82) is 0 Å². The third kappa shape index (κ3) is 5.46. The van der Waals surface area contributed by atoms with Gasteiger partial charge in [0.25, 0.3) is 5.69 Å². The van der Waals surface area contributed by atoms with Crippen LogP contribution in [0.15, 0.2) is 48.5 Å². The van der Waals surface area contributed by atoms with Crippen LogP contribution in [-0.2, 0) is 6.42 Å². The first-order chi connectivity index (χ1) is 19.9. The average Bonchev–Trinajstić information content (AvgIpc) is 2.96. The molecule has 3 aromatic carbocycles. The zero-order valence-corrected chi connectivity index (χ0v) is 24.6. The largest absolute Gasteiger partial charge is 0.507 e. The molecule has 1 aliphatic carbocycles. The van der Waals surface area contributed by atoms with E-state index in [0.29, 0.717) is 23.5 Å². The second-order valence-electron chi connectivity index (χ2n) is 11.9. The summed E-state index contributed by atoms with van der Waals surface area (Å²) < 4.78 is 17.9. The maximum Gasteiger partial charge on any atom is 0.269 e. The van der Waals surface area contributed by atoms with Crippen molar-refractivity contribution in [2.24, 2.45) is 11.3 Å². The molecule has 0 spiro atoms. The zero-order chi connectivity index (χ0) is 30.2. The van der Waals surface area contributed by atoms with Crippen LogP contribution in [0.3, 0.4) is 0 Å². The first-order valence-corrected chi connectivity index (χ1v) is 14.0. The lowest BCUT2D eigenvalue weighted by molar-refractivity contribution is -0.384. The normalized spacial score (nSPS) is 22.8. The molecule has 1 saturated carbocycles. The highest BCUT2D eigenvalue weighted by atomic mass is 16.6. The molecule has 0 unspecified atom stereocenters. The number of phenols is 1. The summed E-state index contributed by atoms with van der Waals surface area (Å²) in [5.74, 6) is 2.12. The molecule has 1 heterocycles. The van der Waals surface area contributed by atoms with Gasteiger partial charge in [0, 0.05) is 18.1 Å². The molecule has 2 aliphatic rings. The minimum Gasteiger partial charge on any atom is -0.507 e. The number of non-ortho nitro benzene ring substituents is 1. The number of aromatic hydroxyl groups is 1. The fourth-order valence-electron chi connectivity index (χ4n) is 6.39. The lowest BCUT2D eigenvalue weighted by Gasteiger charge is -2.55. The van der Waals surface area contributed by atoms with Crippen LogP contribution in [0.25, 0.3) is 24.3 Å². The molecule has 42 heavy (non-hydrogen) atoms. The van der Waals surface area contributed by atoms with E-state index < -0.39 is 4.92 Å². The number of methoxy groups -OCH3 is 2. The fourth-order valence-corrected chi connectivity index (χ4v) is 6.39. The number of hydrogen-bond donors (Lipinski definition) is 2. The molecule has 0 amide bonds. The molecule has 2 N–H and O–H groups in total. The van der Waals surface area contributed by atoms with Gasteiger partial charge in [-0.15, -0.1) is 0 Å². The summed E-state index contributed by atoms with van der Waals surface area (Å²) in [4.78, 5) is 10.5. The van der Waals surface area contributed by atoms with E-state index in [-0.39, 0.29) is 34.5 Å². The Morgan fingerprint density at radius 2 is 1.55 bits per heavy atom. The number of nitro groups is 1. The number of aliphatic hydroxyl groups excluding tert-OH is 1. The van der Waals surface area contributed by atoms with Crippen LogP contribution in [0.1, 0.15) is 61.4 Å². The Morgan fingerprint density at radius 1 is 0.929 bits per heavy atom. The van der Waals surface area contributed by atoms with E-state index in [1.165, 1.54) is 19.2 Å². The fraction of sp³-hybridized carbons (Fsp3) is 0.353. The first kappa shape index (κ1) is 29.2. The molecule has 220 valence electrons. The SMILES string of the molecule is COc1cc(C=Cc2cc3c(c(OC)c2)O[C@]2(C)CC[C@@H](O)C(C)(C)[C@H]2C3)cc(O)c1C=Cc1ccc([N+](=O)[O-])cc1. The van der Waals surface area contributed by atoms with E-state index in [4.69, 9.17) is 14.2 Å². The average molecular weight is 572 g/mol. The zero-order valence-electron chi connectivity index (χ0n) is 24.6. The Morgan fingerprint density at radius 3 is 2.19 bits per heavy atom. The number of phenolic OH excluding ortho intramolecular Hbond substituents is 1. The van der Waals surface area contributed by atoms with E-state index in [9.17, 15) is 20.3 Å². The van der Waals surface area contributed by atoms with Crippen LogP contribution >= 0.6 is 0 Å². The van der Waals surface area contributed by atoms with Gasteiger partial charge < -0.3 is 24.4 Å². The summed E-state index contributed by atoms with van der Waals surface area (Å²) in [5.41, 5.74) is 3.33.